The van der Waals surface area contributed by atoms with Crippen molar-refractivity contribution in [2.75, 3.05) is 38.6 Å². The first-order chi connectivity index (χ1) is 18.1. The third-order valence-electron chi connectivity index (χ3n) is 9.17. The topological polar surface area (TPSA) is 84.1 Å². The molecule has 1 spiro atoms. The van der Waals surface area contributed by atoms with Gasteiger partial charge in [-0.3, -0.25) is 25.8 Å². The summed E-state index contributed by atoms with van der Waals surface area (Å²) in [6.45, 7) is 4.22. The number of nitrogens with one attached hydrogen (secondary N) is 4. The molecule has 6 aliphatic rings. The van der Waals surface area contributed by atoms with Crippen molar-refractivity contribution in [3.63, 3.8) is 0 Å². The van der Waals surface area contributed by atoms with Crippen LogP contribution in [0.5, 0.6) is 0 Å². The molecule has 1 amide bonds. The highest BCUT2D eigenvalue weighted by molar-refractivity contribution is 5.82. The third-order valence-corrected chi connectivity index (χ3v) is 9.17. The molecule has 1 saturated carbocycles. The second kappa shape index (κ2) is 9.63. The molecule has 2 bridgehead atoms. The number of amides is 1. The van der Waals surface area contributed by atoms with E-state index >= 15 is 0 Å². The van der Waals surface area contributed by atoms with Crippen LogP contribution in [0.1, 0.15) is 56.1 Å². The fourth-order valence-corrected chi connectivity index (χ4v) is 7.24. The molecular formula is C28H41N7O2. The molecule has 0 radical (unpaired) electrons. The molecule has 5 heterocycles. The molecule has 1 aliphatic carbocycles. The van der Waals surface area contributed by atoms with Gasteiger partial charge in [-0.2, -0.15) is 5.01 Å². The molecule has 4 fully saturated rings. The van der Waals surface area contributed by atoms with Gasteiger partial charge in [-0.05, 0) is 75.3 Å². The lowest BCUT2D eigenvalue weighted by Gasteiger charge is -2.45. The number of hydrazine groups is 1. The van der Waals surface area contributed by atoms with Crippen LogP contribution in [0, 0.1) is 5.92 Å². The van der Waals surface area contributed by atoms with Gasteiger partial charge in [0, 0.05) is 37.3 Å². The van der Waals surface area contributed by atoms with Crippen LogP contribution in [0.15, 0.2) is 30.4 Å². The molecule has 3 saturated heterocycles. The van der Waals surface area contributed by atoms with Gasteiger partial charge < -0.3 is 15.0 Å². The van der Waals surface area contributed by atoms with E-state index < -0.39 is 0 Å². The van der Waals surface area contributed by atoms with E-state index in [-0.39, 0.29) is 36.7 Å². The zero-order valence-corrected chi connectivity index (χ0v) is 21.9. The van der Waals surface area contributed by atoms with E-state index in [0.717, 1.165) is 50.9 Å². The molecule has 4 N–H and O–H groups in total. The van der Waals surface area contributed by atoms with Gasteiger partial charge in [0.25, 0.3) is 0 Å². The number of likely N-dealkylation sites (N-methyl/N-ethyl adjacent to an activating group) is 1. The van der Waals surface area contributed by atoms with Crippen LogP contribution in [-0.2, 0) is 21.5 Å². The average molecular weight is 508 g/mol. The first kappa shape index (κ1) is 24.1. The molecule has 1 aromatic carbocycles. The molecule has 5 unspecified atom stereocenters. The molecule has 9 nitrogen and oxygen atoms in total. The predicted octanol–water partition coefficient (Wildman–Crippen LogP) is 1.85. The highest BCUT2D eigenvalue weighted by atomic mass is 16.5. The predicted molar refractivity (Wildman–Crippen MR) is 142 cm³/mol. The summed E-state index contributed by atoms with van der Waals surface area (Å²) < 4.78 is 6.15. The van der Waals surface area contributed by atoms with E-state index in [4.69, 9.17) is 4.74 Å². The van der Waals surface area contributed by atoms with Gasteiger partial charge in [-0.1, -0.05) is 18.2 Å². The van der Waals surface area contributed by atoms with Crippen molar-refractivity contribution in [2.45, 2.75) is 81.8 Å². The number of hydrogen-bond acceptors (Lipinski definition) is 8. The molecule has 200 valence electrons. The largest absolute Gasteiger partial charge is 0.363 e. The smallest absolute Gasteiger partial charge is 0.244 e. The second-order valence-corrected chi connectivity index (χ2v) is 11.9. The zero-order chi connectivity index (χ0) is 25.0. The second-order valence-electron chi connectivity index (χ2n) is 11.9. The number of fused-ring (bicyclic) bond motifs is 8. The Morgan fingerprint density at radius 2 is 2.05 bits per heavy atom. The first-order valence-electron chi connectivity index (χ1n) is 14.3. The van der Waals surface area contributed by atoms with E-state index in [0.29, 0.717) is 18.5 Å². The number of carbonyl (C=O) groups is 1. The Kier molecular flexibility index (Phi) is 6.26. The lowest BCUT2D eigenvalue weighted by molar-refractivity contribution is -0.149. The van der Waals surface area contributed by atoms with Crippen molar-refractivity contribution in [3.8, 4) is 0 Å². The van der Waals surface area contributed by atoms with Crippen LogP contribution in [0.25, 0.3) is 0 Å². The van der Waals surface area contributed by atoms with Crippen molar-refractivity contribution >= 4 is 11.6 Å². The minimum Gasteiger partial charge on any atom is -0.363 e. The van der Waals surface area contributed by atoms with E-state index in [1.54, 1.807) is 5.56 Å². The summed E-state index contributed by atoms with van der Waals surface area (Å²) in [5.74, 6) is 0.0770. The lowest BCUT2D eigenvalue weighted by Crippen LogP contribution is -2.68. The minimum absolute atomic E-state index is 0.0529. The number of anilines is 1. The van der Waals surface area contributed by atoms with Crippen molar-refractivity contribution in [2.24, 2.45) is 5.92 Å². The molecule has 1 aromatic rings. The highest BCUT2D eigenvalue weighted by Gasteiger charge is 2.52. The SMILES string of the molecule is CN1Cc2cc(NC3NCC4C(=O)N5C/C=C\CCCOC6CCCC(N6)N5C4N3)ccc2C2(CC2)C1. The van der Waals surface area contributed by atoms with Crippen molar-refractivity contribution in [1.29, 1.82) is 0 Å². The molecule has 37 heavy (non-hydrogen) atoms. The Bertz CT molecular complexity index is 1060. The number of hydrogen-bond donors (Lipinski definition) is 4. The normalized spacial score (nSPS) is 36.6. The Hall–Kier alpha value is -2.01. The van der Waals surface area contributed by atoms with Crippen LogP contribution in [0.3, 0.4) is 0 Å². The fraction of sp³-hybridized carbons (Fsp3) is 0.679. The molecule has 9 heteroatoms. The molecule has 5 aliphatic heterocycles. The minimum atomic E-state index is -0.119. The number of ether oxygens (including phenoxy) is 1. The summed E-state index contributed by atoms with van der Waals surface area (Å²) >= 11 is 0. The monoisotopic (exact) mass is 507 g/mol. The van der Waals surface area contributed by atoms with E-state index in [1.165, 1.54) is 24.9 Å². The van der Waals surface area contributed by atoms with Gasteiger partial charge >= 0.3 is 0 Å². The maximum Gasteiger partial charge on any atom is 0.244 e. The molecular weight excluding hydrogens is 466 g/mol. The quantitative estimate of drug-likeness (QED) is 0.452. The number of benzene rings is 1. The number of nitrogens with zero attached hydrogens (tertiary/aromatic N) is 3. The summed E-state index contributed by atoms with van der Waals surface area (Å²) in [4.78, 5) is 16.0. The van der Waals surface area contributed by atoms with Crippen LogP contribution in [-0.4, -0.2) is 79.0 Å². The van der Waals surface area contributed by atoms with Crippen LogP contribution < -0.4 is 21.3 Å². The summed E-state index contributed by atoms with van der Waals surface area (Å²) in [6.07, 6.45) is 12.0. The summed E-state index contributed by atoms with van der Waals surface area (Å²) in [6, 6.07) is 6.91. The van der Waals surface area contributed by atoms with Gasteiger partial charge in [-0.15, -0.1) is 0 Å². The Morgan fingerprint density at radius 3 is 2.95 bits per heavy atom. The third kappa shape index (κ3) is 4.49. The number of carbonyl (C=O) groups excluding carboxylic acids is 1. The van der Waals surface area contributed by atoms with E-state index in [2.05, 4.69) is 68.6 Å². The highest BCUT2D eigenvalue weighted by Crippen LogP contribution is 2.52. The number of allylic oxidation sites excluding steroid dienone is 1. The summed E-state index contributed by atoms with van der Waals surface area (Å²) in [5.41, 5.74) is 4.51. The van der Waals surface area contributed by atoms with Crippen molar-refractivity contribution < 1.29 is 9.53 Å². The Balaban J connectivity index is 1.11. The van der Waals surface area contributed by atoms with Crippen LogP contribution in [0.2, 0.25) is 0 Å². The van der Waals surface area contributed by atoms with Gasteiger partial charge in [0.05, 0.1) is 24.8 Å². The van der Waals surface area contributed by atoms with Crippen LogP contribution in [0.4, 0.5) is 5.69 Å². The average Bonchev–Trinajstić information content (AvgIpc) is 3.59. The standard InChI is InChI=1S/C28H41N7O2/c1-33-17-19-15-20(9-10-22(19)28(18-33)11-12-28)30-27-29-16-21-25(32-27)35-23-7-6-8-24(31-23)37-14-5-3-2-4-13-34(35)26(21)36/h2,4,9-10,15,21,23-25,27,29-32H,3,5-8,11-14,16-18H2,1H3/b4-2-. The maximum atomic E-state index is 13.6. The lowest BCUT2D eigenvalue weighted by atomic mass is 9.87. The Morgan fingerprint density at radius 1 is 1.14 bits per heavy atom. The van der Waals surface area contributed by atoms with E-state index in [1.807, 2.05) is 5.01 Å². The molecule has 0 aromatic heterocycles. The Labute approximate surface area is 219 Å². The zero-order valence-electron chi connectivity index (χ0n) is 21.9. The van der Waals surface area contributed by atoms with Gasteiger partial charge in [0.15, 0.2) is 0 Å². The van der Waals surface area contributed by atoms with Crippen molar-refractivity contribution in [1.82, 2.24) is 30.9 Å². The maximum absolute atomic E-state index is 13.6. The summed E-state index contributed by atoms with van der Waals surface area (Å²) in [5, 5.41) is 19.0. The first-order valence-corrected chi connectivity index (χ1v) is 14.3. The van der Waals surface area contributed by atoms with Gasteiger partial charge in [0.2, 0.25) is 5.91 Å². The molecule has 5 atom stereocenters. The fourth-order valence-electron chi connectivity index (χ4n) is 7.24. The number of piperidine rings is 1. The van der Waals surface area contributed by atoms with Gasteiger partial charge in [-0.25, -0.2) is 0 Å². The summed E-state index contributed by atoms with van der Waals surface area (Å²) in [7, 11) is 2.23. The van der Waals surface area contributed by atoms with Gasteiger partial charge in [0.1, 0.15) is 12.5 Å². The van der Waals surface area contributed by atoms with Crippen LogP contribution >= 0.6 is 0 Å². The van der Waals surface area contributed by atoms with Crippen molar-refractivity contribution in [3.05, 3.63) is 41.5 Å². The van der Waals surface area contributed by atoms with E-state index in [9.17, 15) is 4.79 Å². The number of rotatable bonds is 2. The molecule has 7 rings (SSSR count).